The number of amides is 2. The van der Waals surface area contributed by atoms with Crippen LogP contribution in [-0.4, -0.2) is 52.2 Å². The Bertz CT molecular complexity index is 979. The molecule has 0 spiro atoms. The normalized spacial score (nSPS) is 27.1. The molecule has 1 aromatic carbocycles. The largest absolute Gasteiger partial charge is 0.329 e. The average molecular weight is 374 g/mol. The Kier molecular flexibility index (Phi) is 4.38. The first-order chi connectivity index (χ1) is 12.9. The van der Waals surface area contributed by atoms with Crippen molar-refractivity contribution in [2.24, 2.45) is 7.05 Å². The fraction of sp³-hybridized carbons (Fsp3) is 0.526. The first-order valence-electron chi connectivity index (χ1n) is 9.24. The molecular weight excluding hydrogens is 351 g/mol. The number of aromatic nitrogens is 2. The molecule has 144 valence electrons. The number of nitrogens with zero attached hydrogens (tertiary/aromatic N) is 3. The molecule has 4 rings (SSSR count). The lowest BCUT2D eigenvalue weighted by atomic mass is 9.87. The number of benzene rings is 1. The van der Waals surface area contributed by atoms with Crippen LogP contribution in [0.25, 0.3) is 11.0 Å². The maximum absolute atomic E-state index is 14.8. The summed E-state index contributed by atoms with van der Waals surface area (Å²) in [6.45, 7) is 1.16. The lowest BCUT2D eigenvalue weighted by Gasteiger charge is -2.32. The third-order valence-electron chi connectivity index (χ3n) is 5.80. The summed E-state index contributed by atoms with van der Waals surface area (Å²) in [5, 5.41) is 2.31. The number of para-hydroxylation sites is 1. The van der Waals surface area contributed by atoms with Gasteiger partial charge in [-0.1, -0.05) is 12.1 Å². The molecule has 2 aromatic rings. The molecule has 8 heteroatoms. The minimum absolute atomic E-state index is 0.195. The van der Waals surface area contributed by atoms with E-state index in [-0.39, 0.29) is 30.4 Å². The van der Waals surface area contributed by atoms with Crippen LogP contribution >= 0.6 is 0 Å². The Morgan fingerprint density at radius 2 is 1.93 bits per heavy atom. The maximum Gasteiger partial charge on any atom is 0.329 e. The van der Waals surface area contributed by atoms with Gasteiger partial charge in [-0.3, -0.25) is 24.0 Å². The van der Waals surface area contributed by atoms with Gasteiger partial charge in [-0.2, -0.15) is 0 Å². The molecule has 0 radical (unpaired) electrons. The average Bonchev–Trinajstić information content (AvgIpc) is 2.87. The van der Waals surface area contributed by atoms with Crippen molar-refractivity contribution in [1.29, 1.82) is 0 Å². The number of imide groups is 1. The molecule has 0 saturated carbocycles. The molecule has 3 heterocycles. The van der Waals surface area contributed by atoms with Gasteiger partial charge in [0, 0.05) is 25.9 Å². The molecule has 27 heavy (non-hydrogen) atoms. The van der Waals surface area contributed by atoms with Crippen molar-refractivity contribution in [2.75, 3.05) is 20.1 Å². The number of rotatable bonds is 2. The predicted octanol–water partition coefficient (Wildman–Crippen LogP) is 1.07. The van der Waals surface area contributed by atoms with Crippen LogP contribution in [0.4, 0.5) is 4.39 Å². The summed E-state index contributed by atoms with van der Waals surface area (Å²) in [4.78, 5) is 38.7. The summed E-state index contributed by atoms with van der Waals surface area (Å²) in [5.41, 5.74) is 1.76. The molecular formula is C19H23FN4O3. The predicted molar refractivity (Wildman–Crippen MR) is 98.4 cm³/mol. The second-order valence-electron chi connectivity index (χ2n) is 7.57. The van der Waals surface area contributed by atoms with Gasteiger partial charge in [0.15, 0.2) is 0 Å². The monoisotopic (exact) mass is 374 g/mol. The zero-order chi connectivity index (χ0) is 19.3. The SMILES string of the molecule is CN1CCC(c2cccc3c2n(C)c(=O)n3C2CCC(=O)NC2=O)C(F)C1. The van der Waals surface area contributed by atoms with E-state index in [0.29, 0.717) is 24.0 Å². The fourth-order valence-corrected chi connectivity index (χ4v) is 4.40. The number of carbonyl (C=O) groups is 2. The van der Waals surface area contributed by atoms with Crippen LogP contribution < -0.4 is 11.0 Å². The fourth-order valence-electron chi connectivity index (χ4n) is 4.40. The number of aryl methyl sites for hydroxylation is 1. The van der Waals surface area contributed by atoms with Crippen molar-refractivity contribution in [3.05, 3.63) is 34.2 Å². The molecule has 3 unspecified atom stereocenters. The van der Waals surface area contributed by atoms with Gasteiger partial charge in [-0.15, -0.1) is 0 Å². The molecule has 0 aliphatic carbocycles. The molecule has 1 N–H and O–H groups in total. The smallest absolute Gasteiger partial charge is 0.303 e. The Labute approximate surface area is 155 Å². The first-order valence-corrected chi connectivity index (χ1v) is 9.24. The zero-order valence-corrected chi connectivity index (χ0v) is 15.4. The van der Waals surface area contributed by atoms with Crippen molar-refractivity contribution in [2.45, 2.75) is 37.4 Å². The van der Waals surface area contributed by atoms with Crippen molar-refractivity contribution in [3.8, 4) is 0 Å². The van der Waals surface area contributed by atoms with Gasteiger partial charge in [0.1, 0.15) is 12.2 Å². The number of hydrogen-bond donors (Lipinski definition) is 1. The minimum Gasteiger partial charge on any atom is -0.303 e. The minimum atomic E-state index is -1.01. The van der Waals surface area contributed by atoms with E-state index in [2.05, 4.69) is 5.32 Å². The summed E-state index contributed by atoms with van der Waals surface area (Å²) >= 11 is 0. The molecule has 7 nitrogen and oxygen atoms in total. The van der Waals surface area contributed by atoms with E-state index in [9.17, 15) is 18.8 Å². The number of alkyl halides is 1. The molecule has 2 saturated heterocycles. The highest BCUT2D eigenvalue weighted by atomic mass is 19.1. The summed E-state index contributed by atoms with van der Waals surface area (Å²) in [5.74, 6) is -1.07. The van der Waals surface area contributed by atoms with Crippen LogP contribution in [-0.2, 0) is 16.6 Å². The number of hydrogen-bond acceptors (Lipinski definition) is 4. The third-order valence-corrected chi connectivity index (χ3v) is 5.80. The van der Waals surface area contributed by atoms with E-state index in [1.54, 1.807) is 13.1 Å². The Balaban J connectivity index is 1.85. The standard InChI is InChI=1S/C19H23FN4O3/c1-22-9-8-11(13(20)10-22)12-4-3-5-14-17(12)23(2)19(27)24(14)15-6-7-16(25)21-18(15)26/h3-5,11,13,15H,6-10H2,1-2H3,(H,21,25,26). The number of piperidine rings is 2. The van der Waals surface area contributed by atoms with Gasteiger partial charge in [-0.25, -0.2) is 9.18 Å². The third kappa shape index (κ3) is 2.88. The number of fused-ring (bicyclic) bond motifs is 1. The van der Waals surface area contributed by atoms with Crippen LogP contribution in [0.5, 0.6) is 0 Å². The van der Waals surface area contributed by atoms with Gasteiger partial charge < -0.3 is 4.90 Å². The van der Waals surface area contributed by atoms with E-state index in [4.69, 9.17) is 0 Å². The topological polar surface area (TPSA) is 76.3 Å². The van der Waals surface area contributed by atoms with Crippen molar-refractivity contribution in [1.82, 2.24) is 19.4 Å². The lowest BCUT2D eigenvalue weighted by molar-refractivity contribution is -0.135. The highest BCUT2D eigenvalue weighted by Crippen LogP contribution is 2.35. The van der Waals surface area contributed by atoms with Crippen molar-refractivity contribution < 1.29 is 14.0 Å². The van der Waals surface area contributed by atoms with E-state index in [1.165, 1.54) is 9.13 Å². The number of nitrogens with one attached hydrogen (secondary N) is 1. The van der Waals surface area contributed by atoms with E-state index in [1.807, 2.05) is 24.1 Å². The van der Waals surface area contributed by atoms with Crippen LogP contribution in [0.2, 0.25) is 0 Å². The van der Waals surface area contributed by atoms with E-state index < -0.39 is 18.1 Å². The molecule has 2 aliphatic heterocycles. The Morgan fingerprint density at radius 3 is 2.63 bits per heavy atom. The van der Waals surface area contributed by atoms with Crippen LogP contribution in [0.3, 0.4) is 0 Å². The maximum atomic E-state index is 14.8. The number of imidazole rings is 1. The summed E-state index contributed by atoms with van der Waals surface area (Å²) in [6, 6.07) is 4.74. The molecule has 1 aromatic heterocycles. The lowest BCUT2D eigenvalue weighted by Crippen LogP contribution is -2.44. The van der Waals surface area contributed by atoms with Crippen molar-refractivity contribution >= 4 is 22.8 Å². The van der Waals surface area contributed by atoms with Crippen LogP contribution in [0.15, 0.2) is 23.0 Å². The van der Waals surface area contributed by atoms with E-state index in [0.717, 1.165) is 12.1 Å². The summed E-state index contributed by atoms with van der Waals surface area (Å²) in [7, 11) is 3.55. The highest BCUT2D eigenvalue weighted by molar-refractivity contribution is 6.00. The van der Waals surface area contributed by atoms with Gasteiger partial charge in [0.05, 0.1) is 11.0 Å². The number of halogens is 1. The van der Waals surface area contributed by atoms with Gasteiger partial charge in [-0.05, 0) is 38.1 Å². The summed E-state index contributed by atoms with van der Waals surface area (Å²) in [6.07, 6.45) is 0.145. The van der Waals surface area contributed by atoms with Gasteiger partial charge in [0.2, 0.25) is 11.8 Å². The molecule has 2 aliphatic rings. The second-order valence-corrected chi connectivity index (χ2v) is 7.57. The van der Waals surface area contributed by atoms with Gasteiger partial charge in [0.25, 0.3) is 0 Å². The number of carbonyl (C=O) groups excluding carboxylic acids is 2. The quantitative estimate of drug-likeness (QED) is 0.798. The molecule has 2 fully saturated rings. The van der Waals surface area contributed by atoms with E-state index >= 15 is 0 Å². The Hall–Kier alpha value is -2.48. The zero-order valence-electron chi connectivity index (χ0n) is 15.4. The second kappa shape index (κ2) is 6.60. The van der Waals surface area contributed by atoms with Crippen LogP contribution in [0.1, 0.15) is 36.8 Å². The number of likely N-dealkylation sites (tertiary alicyclic amines) is 1. The Morgan fingerprint density at radius 1 is 1.15 bits per heavy atom. The molecule has 3 atom stereocenters. The van der Waals surface area contributed by atoms with Crippen molar-refractivity contribution in [3.63, 3.8) is 0 Å². The molecule has 2 amide bonds. The van der Waals surface area contributed by atoms with Gasteiger partial charge >= 0.3 is 5.69 Å². The molecule has 0 bridgehead atoms. The highest BCUT2D eigenvalue weighted by Gasteiger charge is 2.34. The summed E-state index contributed by atoms with van der Waals surface area (Å²) < 4.78 is 17.7. The van der Waals surface area contributed by atoms with Crippen LogP contribution in [0, 0.1) is 0 Å². The first kappa shape index (κ1) is 17.9.